The fourth-order valence-corrected chi connectivity index (χ4v) is 6.60. The zero-order chi connectivity index (χ0) is 28.3. The molecular weight excluding hydrogens is 544 g/mol. The Morgan fingerprint density at radius 1 is 1.07 bits per heavy atom. The van der Waals surface area contributed by atoms with E-state index in [1.807, 2.05) is 30.3 Å². The summed E-state index contributed by atoms with van der Waals surface area (Å²) in [4.78, 5) is 60.2. The fourth-order valence-electron chi connectivity index (χ4n) is 5.80. The number of carbonyl (C=O) groups is 3. The van der Waals surface area contributed by atoms with Crippen molar-refractivity contribution in [2.45, 2.75) is 24.8 Å². The lowest BCUT2D eigenvalue weighted by molar-refractivity contribution is -0.120. The van der Waals surface area contributed by atoms with E-state index < -0.39 is 17.1 Å². The number of nitrogens with one attached hydrogen (secondary N) is 2. The molecule has 0 saturated carbocycles. The van der Waals surface area contributed by atoms with Crippen LogP contribution in [-0.4, -0.2) is 44.0 Å². The van der Waals surface area contributed by atoms with Gasteiger partial charge in [-0.05, 0) is 54.3 Å². The van der Waals surface area contributed by atoms with E-state index in [0.717, 1.165) is 28.0 Å². The Balaban J connectivity index is 1.15. The van der Waals surface area contributed by atoms with E-state index in [0.29, 0.717) is 40.5 Å². The zero-order valence-electron chi connectivity index (χ0n) is 21.7. The fraction of sp³-hybridized carbons (Fsp3) is 0.172. The molecule has 1 atom stereocenters. The molecule has 1 spiro atoms. The maximum absolute atomic E-state index is 13.5. The Hall–Kier alpha value is -5.10. The first kappa shape index (κ1) is 24.9. The molecule has 2 amide bonds. The molecule has 2 aromatic carbocycles. The molecule has 0 saturated heterocycles. The van der Waals surface area contributed by atoms with Gasteiger partial charge in [-0.15, -0.1) is 11.3 Å². The van der Waals surface area contributed by atoms with Crippen LogP contribution < -0.4 is 16.3 Å². The number of amides is 2. The van der Waals surface area contributed by atoms with Crippen LogP contribution in [0.15, 0.2) is 71.0 Å². The lowest BCUT2D eigenvalue weighted by Gasteiger charge is -2.20. The van der Waals surface area contributed by atoms with Gasteiger partial charge in [-0.2, -0.15) is 0 Å². The molecule has 12 heteroatoms. The summed E-state index contributed by atoms with van der Waals surface area (Å²) in [6.45, 7) is -0.232. The first-order valence-corrected chi connectivity index (χ1v) is 13.7. The minimum absolute atomic E-state index is 0.0670. The number of thiazole rings is 1. The third kappa shape index (κ3) is 3.86. The molecule has 11 nitrogen and oxygen atoms in total. The van der Waals surface area contributed by atoms with Gasteiger partial charge in [0.2, 0.25) is 11.8 Å². The summed E-state index contributed by atoms with van der Waals surface area (Å²) >= 11 is 1.13. The Morgan fingerprint density at radius 2 is 1.88 bits per heavy atom. The van der Waals surface area contributed by atoms with E-state index in [1.54, 1.807) is 30.5 Å². The number of benzene rings is 2. The number of esters is 1. The summed E-state index contributed by atoms with van der Waals surface area (Å²) in [6.07, 6.45) is 2.72. The van der Waals surface area contributed by atoms with Gasteiger partial charge in [0, 0.05) is 22.8 Å². The highest BCUT2D eigenvalue weighted by atomic mass is 32.1. The maximum atomic E-state index is 13.5. The lowest BCUT2D eigenvalue weighted by Crippen LogP contribution is -2.35. The van der Waals surface area contributed by atoms with Crippen molar-refractivity contribution in [1.29, 1.82) is 0 Å². The zero-order valence-corrected chi connectivity index (χ0v) is 22.5. The van der Waals surface area contributed by atoms with E-state index in [9.17, 15) is 19.2 Å². The Kier molecular flexibility index (Phi) is 5.61. The third-order valence-electron chi connectivity index (χ3n) is 7.68. The second kappa shape index (κ2) is 9.24. The van der Waals surface area contributed by atoms with Crippen LogP contribution >= 0.6 is 11.3 Å². The van der Waals surface area contributed by atoms with Crippen LogP contribution in [0.3, 0.4) is 0 Å². The number of pyridine rings is 1. The Bertz CT molecular complexity index is 1970. The second-order valence-corrected chi connectivity index (χ2v) is 10.9. The molecule has 204 valence electrons. The molecule has 0 radical (unpaired) electrons. The number of hydrogen-bond donors (Lipinski definition) is 2. The molecule has 0 fully saturated rings. The molecule has 41 heavy (non-hydrogen) atoms. The third-order valence-corrected chi connectivity index (χ3v) is 8.51. The van der Waals surface area contributed by atoms with Crippen molar-refractivity contribution in [3.63, 3.8) is 0 Å². The molecule has 1 unspecified atom stereocenters. The van der Waals surface area contributed by atoms with E-state index in [-0.39, 0.29) is 24.1 Å². The molecule has 4 heterocycles. The Morgan fingerprint density at radius 3 is 2.71 bits per heavy atom. The number of aromatic nitrogens is 4. The van der Waals surface area contributed by atoms with E-state index in [1.165, 1.54) is 21.6 Å². The second-order valence-electron chi connectivity index (χ2n) is 10.0. The molecule has 2 N–H and O–H groups in total. The van der Waals surface area contributed by atoms with Gasteiger partial charge in [0.25, 0.3) is 0 Å². The summed E-state index contributed by atoms with van der Waals surface area (Å²) < 4.78 is 7.49. The molecule has 5 aromatic rings. The average molecular weight is 567 g/mol. The van der Waals surface area contributed by atoms with Crippen LogP contribution in [0.4, 0.5) is 11.5 Å². The van der Waals surface area contributed by atoms with E-state index in [2.05, 4.69) is 20.6 Å². The van der Waals surface area contributed by atoms with Crippen molar-refractivity contribution >= 4 is 51.7 Å². The molecule has 0 bridgehead atoms. The van der Waals surface area contributed by atoms with Gasteiger partial charge in [-0.3, -0.25) is 14.2 Å². The standard InChI is InChI=1S/C29H22N6O5S/c1-40-25(37)20-15-41-27(32-20)35-22-7-3-2-6-21(22)34(28(35)39)14-23(36)31-18-9-8-16-12-29(13-17(16)11-18)19-5-4-10-30-24(19)33-26(29)38/h2-11,15H,12-14H2,1H3,(H,31,36)(H,30,33,38). The summed E-state index contributed by atoms with van der Waals surface area (Å²) in [5.41, 5.74) is 3.55. The summed E-state index contributed by atoms with van der Waals surface area (Å²) in [7, 11) is 1.26. The first-order chi connectivity index (χ1) is 19.9. The minimum Gasteiger partial charge on any atom is -0.464 e. The number of methoxy groups -OCH3 is 1. The van der Waals surface area contributed by atoms with E-state index >= 15 is 0 Å². The molecular formula is C29H22N6O5S. The summed E-state index contributed by atoms with van der Waals surface area (Å²) in [5.74, 6) is -0.450. The maximum Gasteiger partial charge on any atom is 0.357 e. The molecule has 1 aliphatic carbocycles. The van der Waals surface area contributed by atoms with Gasteiger partial charge >= 0.3 is 11.7 Å². The SMILES string of the molecule is COC(=O)c1csc(-n2c(=O)n(CC(=O)Nc3ccc4c(c3)CC3(C4)C(=O)Nc4ncccc43)c3ccccc32)n1. The van der Waals surface area contributed by atoms with Crippen molar-refractivity contribution in [1.82, 2.24) is 19.1 Å². The van der Waals surface area contributed by atoms with Crippen LogP contribution in [0.1, 0.15) is 27.2 Å². The van der Waals surface area contributed by atoms with E-state index in [4.69, 9.17) is 4.74 Å². The summed E-state index contributed by atoms with van der Waals surface area (Å²) in [6, 6.07) is 16.5. The van der Waals surface area contributed by atoms with Crippen molar-refractivity contribution in [2.75, 3.05) is 17.7 Å². The quantitative estimate of drug-likeness (QED) is 0.312. The number of nitrogens with zero attached hydrogens (tertiary/aromatic N) is 4. The summed E-state index contributed by atoms with van der Waals surface area (Å²) in [5, 5.41) is 7.62. The smallest absolute Gasteiger partial charge is 0.357 e. The highest BCUT2D eigenvalue weighted by molar-refractivity contribution is 7.12. The number of hydrogen-bond acceptors (Lipinski definition) is 8. The molecule has 2 aliphatic rings. The highest BCUT2D eigenvalue weighted by Crippen LogP contribution is 2.46. The first-order valence-electron chi connectivity index (χ1n) is 12.8. The van der Waals surface area contributed by atoms with Crippen LogP contribution in [0.25, 0.3) is 16.2 Å². The number of carbonyl (C=O) groups excluding carboxylic acids is 3. The Labute approximate surface area is 236 Å². The predicted molar refractivity (Wildman–Crippen MR) is 152 cm³/mol. The van der Waals surface area contributed by atoms with Gasteiger partial charge in [0.05, 0.1) is 23.6 Å². The number of imidazole rings is 1. The average Bonchev–Trinajstić information content (AvgIpc) is 3.73. The molecule has 1 aliphatic heterocycles. The largest absolute Gasteiger partial charge is 0.464 e. The van der Waals surface area contributed by atoms with Crippen molar-refractivity contribution in [2.24, 2.45) is 0 Å². The van der Waals surface area contributed by atoms with Crippen LogP contribution in [0, 0.1) is 0 Å². The number of anilines is 2. The van der Waals surface area contributed by atoms with Crippen molar-refractivity contribution in [3.05, 3.63) is 99.0 Å². The number of ether oxygens (including phenoxy) is 1. The van der Waals surface area contributed by atoms with Gasteiger partial charge in [0.1, 0.15) is 12.4 Å². The number of rotatable bonds is 5. The molecule has 7 rings (SSSR count). The van der Waals surface area contributed by atoms with Crippen LogP contribution in [0.5, 0.6) is 0 Å². The molecule has 3 aromatic heterocycles. The van der Waals surface area contributed by atoms with Crippen LogP contribution in [-0.2, 0) is 39.1 Å². The van der Waals surface area contributed by atoms with Crippen molar-refractivity contribution < 1.29 is 19.1 Å². The highest BCUT2D eigenvalue weighted by Gasteiger charge is 2.51. The minimum atomic E-state index is -0.701. The monoisotopic (exact) mass is 566 g/mol. The lowest BCUT2D eigenvalue weighted by atomic mass is 9.79. The van der Waals surface area contributed by atoms with Gasteiger partial charge in [0.15, 0.2) is 10.8 Å². The predicted octanol–water partition coefficient (Wildman–Crippen LogP) is 3.06. The van der Waals surface area contributed by atoms with Gasteiger partial charge in [-0.1, -0.05) is 24.3 Å². The van der Waals surface area contributed by atoms with Gasteiger partial charge < -0.3 is 15.4 Å². The van der Waals surface area contributed by atoms with Crippen LogP contribution in [0.2, 0.25) is 0 Å². The van der Waals surface area contributed by atoms with Crippen molar-refractivity contribution in [3.8, 4) is 5.13 Å². The normalized spacial score (nSPS) is 17.0. The van der Waals surface area contributed by atoms with Gasteiger partial charge in [-0.25, -0.2) is 24.1 Å². The topological polar surface area (TPSA) is 137 Å². The number of fused-ring (bicyclic) bond motifs is 4. The number of para-hydroxylation sites is 2.